The molecule has 1 aliphatic heterocycles. The van der Waals surface area contributed by atoms with E-state index in [2.05, 4.69) is 17.6 Å². The predicted octanol–water partition coefficient (Wildman–Crippen LogP) is 3.27. The molecule has 1 aromatic rings. The van der Waals surface area contributed by atoms with E-state index in [1.54, 1.807) is 11.0 Å². The molecule has 3 amide bonds. The van der Waals surface area contributed by atoms with Crippen molar-refractivity contribution in [2.75, 3.05) is 19.6 Å². The van der Waals surface area contributed by atoms with Crippen molar-refractivity contribution in [3.05, 3.63) is 35.6 Å². The topological polar surface area (TPSA) is 61.4 Å². The highest BCUT2D eigenvalue weighted by Gasteiger charge is 2.40. The van der Waals surface area contributed by atoms with E-state index in [9.17, 15) is 14.0 Å². The molecule has 1 aromatic carbocycles. The highest BCUT2D eigenvalue weighted by atomic mass is 19.1. The summed E-state index contributed by atoms with van der Waals surface area (Å²) in [6.45, 7) is 9.17. The Balaban J connectivity index is 2.18. The number of carbonyl (C=O) groups is 2. The SMILES string of the molecule is CCCCNC(=O)C1CN(C(=O)NC(C)(C)C)CC1c1cccc(F)c1. The second kappa shape index (κ2) is 8.52. The summed E-state index contributed by atoms with van der Waals surface area (Å²) in [6, 6.07) is 6.13. The van der Waals surface area contributed by atoms with E-state index >= 15 is 0 Å². The second-order valence-corrected chi connectivity index (χ2v) is 8.00. The van der Waals surface area contributed by atoms with E-state index in [-0.39, 0.29) is 35.1 Å². The van der Waals surface area contributed by atoms with Gasteiger partial charge in [0, 0.05) is 31.1 Å². The van der Waals surface area contributed by atoms with E-state index in [4.69, 9.17) is 0 Å². The van der Waals surface area contributed by atoms with Gasteiger partial charge in [0.1, 0.15) is 5.82 Å². The zero-order chi connectivity index (χ0) is 19.3. The molecule has 2 rings (SSSR count). The van der Waals surface area contributed by atoms with Crippen molar-refractivity contribution in [3.8, 4) is 0 Å². The van der Waals surface area contributed by atoms with Gasteiger partial charge in [0.05, 0.1) is 5.92 Å². The van der Waals surface area contributed by atoms with Crippen LogP contribution in [0.2, 0.25) is 0 Å². The van der Waals surface area contributed by atoms with E-state index < -0.39 is 0 Å². The summed E-state index contributed by atoms with van der Waals surface area (Å²) < 4.78 is 13.7. The molecule has 0 spiro atoms. The number of hydrogen-bond donors (Lipinski definition) is 2. The maximum Gasteiger partial charge on any atom is 0.317 e. The van der Waals surface area contributed by atoms with Gasteiger partial charge in [-0.25, -0.2) is 9.18 Å². The summed E-state index contributed by atoms with van der Waals surface area (Å²) in [5, 5.41) is 5.89. The molecule has 2 unspecified atom stereocenters. The van der Waals surface area contributed by atoms with Crippen molar-refractivity contribution in [1.82, 2.24) is 15.5 Å². The van der Waals surface area contributed by atoms with Crippen LogP contribution in [0.1, 0.15) is 52.0 Å². The first kappa shape index (κ1) is 20.2. The summed E-state index contributed by atoms with van der Waals surface area (Å²) in [5.41, 5.74) is 0.402. The van der Waals surface area contributed by atoms with Crippen LogP contribution in [0.3, 0.4) is 0 Å². The fraction of sp³-hybridized carbons (Fsp3) is 0.600. The lowest BCUT2D eigenvalue weighted by atomic mass is 9.88. The normalized spacial score (nSPS) is 20.1. The minimum Gasteiger partial charge on any atom is -0.356 e. The van der Waals surface area contributed by atoms with Crippen LogP contribution in [0, 0.1) is 11.7 Å². The predicted molar refractivity (Wildman–Crippen MR) is 100 cm³/mol. The van der Waals surface area contributed by atoms with Crippen molar-refractivity contribution < 1.29 is 14.0 Å². The number of unbranched alkanes of at least 4 members (excludes halogenated alkanes) is 1. The number of halogens is 1. The van der Waals surface area contributed by atoms with Gasteiger partial charge >= 0.3 is 6.03 Å². The minimum absolute atomic E-state index is 0.0706. The van der Waals surface area contributed by atoms with Gasteiger partial charge in [0.25, 0.3) is 0 Å². The van der Waals surface area contributed by atoms with Crippen LogP contribution < -0.4 is 10.6 Å². The van der Waals surface area contributed by atoms with Crippen molar-refractivity contribution in [2.24, 2.45) is 5.92 Å². The van der Waals surface area contributed by atoms with Crippen LogP contribution in [0.5, 0.6) is 0 Å². The Morgan fingerprint density at radius 2 is 2.00 bits per heavy atom. The number of urea groups is 1. The number of amides is 3. The Bertz CT molecular complexity index is 642. The number of rotatable bonds is 5. The number of benzene rings is 1. The molecule has 0 radical (unpaired) electrons. The Morgan fingerprint density at radius 1 is 1.27 bits per heavy atom. The summed E-state index contributed by atoms with van der Waals surface area (Å²) in [7, 11) is 0. The maximum absolute atomic E-state index is 13.7. The summed E-state index contributed by atoms with van der Waals surface area (Å²) >= 11 is 0. The molecule has 1 aliphatic rings. The lowest BCUT2D eigenvalue weighted by Gasteiger charge is -2.25. The number of nitrogens with zero attached hydrogens (tertiary/aromatic N) is 1. The molecule has 144 valence electrons. The molecular formula is C20H30FN3O2. The second-order valence-electron chi connectivity index (χ2n) is 8.00. The lowest BCUT2D eigenvalue weighted by Crippen LogP contribution is -2.48. The first-order valence-corrected chi connectivity index (χ1v) is 9.31. The largest absolute Gasteiger partial charge is 0.356 e. The minimum atomic E-state index is -0.376. The van der Waals surface area contributed by atoms with Gasteiger partial charge in [-0.1, -0.05) is 25.5 Å². The van der Waals surface area contributed by atoms with Gasteiger partial charge in [0.2, 0.25) is 5.91 Å². The quantitative estimate of drug-likeness (QED) is 0.789. The van der Waals surface area contributed by atoms with Crippen LogP contribution in [0.15, 0.2) is 24.3 Å². The summed E-state index contributed by atoms with van der Waals surface area (Å²) in [4.78, 5) is 26.9. The third-order valence-corrected chi connectivity index (χ3v) is 4.53. The molecule has 2 atom stereocenters. The molecule has 1 saturated heterocycles. The first-order valence-electron chi connectivity index (χ1n) is 9.31. The molecule has 6 heteroatoms. The average molecular weight is 363 g/mol. The van der Waals surface area contributed by atoms with Gasteiger partial charge in [-0.2, -0.15) is 0 Å². The highest BCUT2D eigenvalue weighted by Crippen LogP contribution is 2.33. The van der Waals surface area contributed by atoms with Gasteiger partial charge in [-0.15, -0.1) is 0 Å². The third kappa shape index (κ3) is 5.44. The monoisotopic (exact) mass is 363 g/mol. The standard InChI is InChI=1S/C20H30FN3O2/c1-5-6-10-22-18(25)17-13-24(19(26)23-20(2,3)4)12-16(17)14-8-7-9-15(21)11-14/h7-9,11,16-17H,5-6,10,12-13H2,1-4H3,(H,22,25)(H,23,26). The molecule has 0 saturated carbocycles. The summed E-state index contributed by atoms with van der Waals surface area (Å²) in [6.07, 6.45) is 1.91. The van der Waals surface area contributed by atoms with E-state index in [0.29, 0.717) is 19.6 Å². The zero-order valence-electron chi connectivity index (χ0n) is 16.1. The Hall–Kier alpha value is -2.11. The van der Waals surface area contributed by atoms with Gasteiger partial charge < -0.3 is 15.5 Å². The van der Waals surface area contributed by atoms with Crippen molar-refractivity contribution in [1.29, 1.82) is 0 Å². The molecule has 5 nitrogen and oxygen atoms in total. The fourth-order valence-corrected chi connectivity index (χ4v) is 3.23. The lowest BCUT2D eigenvalue weighted by molar-refractivity contribution is -0.124. The van der Waals surface area contributed by atoms with E-state index in [1.165, 1.54) is 12.1 Å². The Morgan fingerprint density at radius 3 is 2.62 bits per heavy atom. The Kier molecular flexibility index (Phi) is 6.62. The van der Waals surface area contributed by atoms with Crippen molar-refractivity contribution >= 4 is 11.9 Å². The van der Waals surface area contributed by atoms with Crippen LogP contribution >= 0.6 is 0 Å². The third-order valence-electron chi connectivity index (χ3n) is 4.53. The zero-order valence-corrected chi connectivity index (χ0v) is 16.1. The van der Waals surface area contributed by atoms with E-state index in [0.717, 1.165) is 18.4 Å². The van der Waals surface area contributed by atoms with Crippen LogP contribution in [-0.4, -0.2) is 42.0 Å². The van der Waals surface area contributed by atoms with Crippen LogP contribution in [-0.2, 0) is 4.79 Å². The number of nitrogens with one attached hydrogen (secondary N) is 2. The Labute approximate surface area is 155 Å². The summed E-state index contributed by atoms with van der Waals surface area (Å²) in [5.74, 6) is -0.985. The molecule has 1 fully saturated rings. The molecule has 1 heterocycles. The van der Waals surface area contributed by atoms with E-state index in [1.807, 2.05) is 26.8 Å². The number of hydrogen-bond acceptors (Lipinski definition) is 2. The number of carbonyl (C=O) groups excluding carboxylic acids is 2. The highest BCUT2D eigenvalue weighted by molar-refractivity contribution is 5.83. The van der Waals surface area contributed by atoms with Gasteiger partial charge in [-0.05, 0) is 44.9 Å². The van der Waals surface area contributed by atoms with Crippen molar-refractivity contribution in [3.63, 3.8) is 0 Å². The van der Waals surface area contributed by atoms with Crippen LogP contribution in [0.4, 0.5) is 9.18 Å². The fourth-order valence-electron chi connectivity index (χ4n) is 3.23. The molecule has 0 aromatic heterocycles. The molecule has 0 aliphatic carbocycles. The first-order chi connectivity index (χ1) is 12.2. The van der Waals surface area contributed by atoms with Gasteiger partial charge in [0.15, 0.2) is 0 Å². The smallest absolute Gasteiger partial charge is 0.317 e. The maximum atomic E-state index is 13.7. The van der Waals surface area contributed by atoms with Gasteiger partial charge in [-0.3, -0.25) is 4.79 Å². The average Bonchev–Trinajstić information content (AvgIpc) is 2.99. The molecule has 2 N–H and O–H groups in total. The number of likely N-dealkylation sites (tertiary alicyclic amines) is 1. The van der Waals surface area contributed by atoms with Crippen molar-refractivity contribution in [2.45, 2.75) is 52.0 Å². The molecule has 0 bridgehead atoms. The molecular weight excluding hydrogens is 333 g/mol. The van der Waals surface area contributed by atoms with Crippen LogP contribution in [0.25, 0.3) is 0 Å². The molecule has 26 heavy (non-hydrogen) atoms.